The summed E-state index contributed by atoms with van der Waals surface area (Å²) in [5.74, 6) is 1.35. The fourth-order valence-electron chi connectivity index (χ4n) is 2.59. The van der Waals surface area contributed by atoms with Gasteiger partial charge in [-0.3, -0.25) is 0 Å². The van der Waals surface area contributed by atoms with Gasteiger partial charge in [-0.2, -0.15) is 4.98 Å². The van der Waals surface area contributed by atoms with Gasteiger partial charge in [0.2, 0.25) is 0 Å². The molecule has 6 nitrogen and oxygen atoms in total. The van der Waals surface area contributed by atoms with E-state index in [2.05, 4.69) is 15.5 Å². The molecule has 1 saturated heterocycles. The van der Waals surface area contributed by atoms with Crippen LogP contribution < -0.4 is 5.32 Å². The van der Waals surface area contributed by atoms with Gasteiger partial charge in [0.05, 0.1) is 0 Å². The molecule has 1 N–H and O–H groups in total. The van der Waals surface area contributed by atoms with Crippen molar-refractivity contribution in [3.8, 4) is 11.5 Å². The van der Waals surface area contributed by atoms with Gasteiger partial charge in [0, 0.05) is 30.6 Å². The molecule has 2 aromatic rings. The summed E-state index contributed by atoms with van der Waals surface area (Å²) in [5.41, 5.74) is 0.911. The standard InChI is InChI=1S/C16H20N4O2/c1-11(2)17-16(21)20-9-8-13(10-20)14-18-15(22-19-14)12-6-4-3-5-7-12/h3-7,11,13H,8-10H2,1-2H3,(H,17,21). The lowest BCUT2D eigenvalue weighted by Gasteiger charge is -2.18. The molecule has 2 heterocycles. The van der Waals surface area contributed by atoms with E-state index in [4.69, 9.17) is 4.52 Å². The third-order valence-electron chi connectivity index (χ3n) is 3.72. The van der Waals surface area contributed by atoms with Crippen molar-refractivity contribution in [2.24, 2.45) is 0 Å². The molecule has 3 rings (SSSR count). The van der Waals surface area contributed by atoms with Gasteiger partial charge in [-0.1, -0.05) is 23.4 Å². The Morgan fingerprint density at radius 3 is 2.86 bits per heavy atom. The Bertz CT molecular complexity index is 639. The monoisotopic (exact) mass is 300 g/mol. The molecular formula is C16H20N4O2. The minimum absolute atomic E-state index is 0.0238. The molecule has 1 aromatic heterocycles. The van der Waals surface area contributed by atoms with E-state index in [9.17, 15) is 4.79 Å². The largest absolute Gasteiger partial charge is 0.336 e. The second kappa shape index (κ2) is 6.17. The number of likely N-dealkylation sites (tertiary alicyclic amines) is 1. The molecule has 2 amide bonds. The first-order chi connectivity index (χ1) is 10.6. The Labute approximate surface area is 129 Å². The first kappa shape index (κ1) is 14.6. The highest BCUT2D eigenvalue weighted by Crippen LogP contribution is 2.27. The minimum Gasteiger partial charge on any atom is -0.336 e. The second-order valence-corrected chi connectivity index (χ2v) is 5.86. The van der Waals surface area contributed by atoms with Crippen LogP contribution in [-0.2, 0) is 0 Å². The van der Waals surface area contributed by atoms with Gasteiger partial charge in [0.1, 0.15) is 0 Å². The SMILES string of the molecule is CC(C)NC(=O)N1CCC(c2noc(-c3ccccc3)n2)C1. The van der Waals surface area contributed by atoms with Crippen molar-refractivity contribution < 1.29 is 9.32 Å². The lowest BCUT2D eigenvalue weighted by molar-refractivity contribution is 0.205. The van der Waals surface area contributed by atoms with Crippen LogP contribution in [0.5, 0.6) is 0 Å². The van der Waals surface area contributed by atoms with Crippen molar-refractivity contribution in [1.29, 1.82) is 0 Å². The second-order valence-electron chi connectivity index (χ2n) is 5.86. The Morgan fingerprint density at radius 1 is 1.36 bits per heavy atom. The molecule has 1 aromatic carbocycles. The highest BCUT2D eigenvalue weighted by atomic mass is 16.5. The fraction of sp³-hybridized carbons (Fsp3) is 0.438. The quantitative estimate of drug-likeness (QED) is 0.946. The number of benzene rings is 1. The molecule has 0 saturated carbocycles. The number of hydrogen-bond acceptors (Lipinski definition) is 4. The molecule has 6 heteroatoms. The molecule has 0 bridgehead atoms. The summed E-state index contributed by atoms with van der Waals surface area (Å²) >= 11 is 0. The summed E-state index contributed by atoms with van der Waals surface area (Å²) in [6, 6.07) is 9.82. The molecule has 1 atom stereocenters. The van der Waals surface area contributed by atoms with Crippen LogP contribution in [0.2, 0.25) is 0 Å². The Balaban J connectivity index is 1.67. The predicted molar refractivity (Wildman–Crippen MR) is 82.3 cm³/mol. The molecule has 0 spiro atoms. The summed E-state index contributed by atoms with van der Waals surface area (Å²) < 4.78 is 5.34. The molecule has 0 radical (unpaired) electrons. The van der Waals surface area contributed by atoms with Gasteiger partial charge in [-0.05, 0) is 32.4 Å². The number of carbonyl (C=O) groups excluding carboxylic acids is 1. The first-order valence-electron chi connectivity index (χ1n) is 7.58. The van der Waals surface area contributed by atoms with E-state index >= 15 is 0 Å². The lowest BCUT2D eigenvalue weighted by atomic mass is 10.1. The highest BCUT2D eigenvalue weighted by Gasteiger charge is 2.30. The van der Waals surface area contributed by atoms with Crippen LogP contribution in [0.1, 0.15) is 32.0 Å². The van der Waals surface area contributed by atoms with Gasteiger partial charge < -0.3 is 14.7 Å². The molecule has 1 aliphatic heterocycles. The van der Waals surface area contributed by atoms with Gasteiger partial charge >= 0.3 is 6.03 Å². The smallest absolute Gasteiger partial charge is 0.317 e. The number of amides is 2. The summed E-state index contributed by atoms with van der Waals surface area (Å²) in [6.45, 7) is 5.26. The molecule has 1 fully saturated rings. The Kier molecular flexibility index (Phi) is 4.09. The fourth-order valence-corrected chi connectivity index (χ4v) is 2.59. The van der Waals surface area contributed by atoms with E-state index in [0.717, 1.165) is 18.5 Å². The van der Waals surface area contributed by atoms with Crippen molar-refractivity contribution in [2.75, 3.05) is 13.1 Å². The van der Waals surface area contributed by atoms with Crippen LogP contribution in [0.4, 0.5) is 4.79 Å². The first-order valence-corrected chi connectivity index (χ1v) is 7.58. The highest BCUT2D eigenvalue weighted by molar-refractivity contribution is 5.74. The lowest BCUT2D eigenvalue weighted by Crippen LogP contribution is -2.41. The average molecular weight is 300 g/mol. The summed E-state index contributed by atoms with van der Waals surface area (Å²) in [7, 11) is 0. The van der Waals surface area contributed by atoms with Crippen molar-refractivity contribution in [1.82, 2.24) is 20.4 Å². The number of carbonyl (C=O) groups is 1. The van der Waals surface area contributed by atoms with Crippen LogP contribution >= 0.6 is 0 Å². The average Bonchev–Trinajstić information content (AvgIpc) is 3.17. The van der Waals surface area contributed by atoms with Gasteiger partial charge in [-0.15, -0.1) is 0 Å². The third-order valence-corrected chi connectivity index (χ3v) is 3.72. The van der Waals surface area contributed by atoms with Crippen LogP contribution in [0, 0.1) is 0 Å². The van der Waals surface area contributed by atoms with Crippen LogP contribution in [-0.4, -0.2) is 40.2 Å². The topological polar surface area (TPSA) is 71.3 Å². The van der Waals surface area contributed by atoms with E-state index in [-0.39, 0.29) is 18.0 Å². The van der Waals surface area contributed by atoms with Crippen LogP contribution in [0.25, 0.3) is 11.5 Å². The van der Waals surface area contributed by atoms with E-state index in [1.807, 2.05) is 49.1 Å². The Hall–Kier alpha value is -2.37. The van der Waals surface area contributed by atoms with E-state index in [1.165, 1.54) is 0 Å². The summed E-state index contributed by atoms with van der Waals surface area (Å²) in [4.78, 5) is 18.3. The van der Waals surface area contributed by atoms with Gasteiger partial charge in [-0.25, -0.2) is 4.79 Å². The van der Waals surface area contributed by atoms with Crippen molar-refractivity contribution in [3.05, 3.63) is 36.2 Å². The normalized spacial score (nSPS) is 18.0. The van der Waals surface area contributed by atoms with E-state index in [0.29, 0.717) is 18.3 Å². The maximum Gasteiger partial charge on any atom is 0.317 e. The number of urea groups is 1. The summed E-state index contributed by atoms with van der Waals surface area (Å²) in [6.07, 6.45) is 0.860. The number of aromatic nitrogens is 2. The minimum atomic E-state index is -0.0238. The van der Waals surface area contributed by atoms with Crippen LogP contribution in [0.3, 0.4) is 0 Å². The zero-order valence-electron chi connectivity index (χ0n) is 12.8. The van der Waals surface area contributed by atoms with Gasteiger partial charge in [0.15, 0.2) is 5.82 Å². The maximum absolute atomic E-state index is 12.0. The molecule has 1 unspecified atom stereocenters. The number of rotatable bonds is 3. The third kappa shape index (κ3) is 3.10. The molecule has 1 aliphatic rings. The molecule has 116 valence electrons. The maximum atomic E-state index is 12.0. The van der Waals surface area contributed by atoms with Crippen molar-refractivity contribution in [3.63, 3.8) is 0 Å². The zero-order chi connectivity index (χ0) is 15.5. The molecule has 22 heavy (non-hydrogen) atoms. The number of hydrogen-bond donors (Lipinski definition) is 1. The van der Waals surface area contributed by atoms with E-state index in [1.54, 1.807) is 0 Å². The Morgan fingerprint density at radius 2 is 2.14 bits per heavy atom. The van der Waals surface area contributed by atoms with Crippen molar-refractivity contribution >= 4 is 6.03 Å². The van der Waals surface area contributed by atoms with Gasteiger partial charge in [0.25, 0.3) is 5.89 Å². The summed E-state index contributed by atoms with van der Waals surface area (Å²) in [5, 5.41) is 7.00. The molecular weight excluding hydrogens is 280 g/mol. The predicted octanol–water partition coefficient (Wildman–Crippen LogP) is 2.64. The number of nitrogens with zero attached hydrogens (tertiary/aromatic N) is 3. The van der Waals surface area contributed by atoms with E-state index < -0.39 is 0 Å². The number of nitrogens with one attached hydrogen (secondary N) is 1. The zero-order valence-corrected chi connectivity index (χ0v) is 12.8. The van der Waals surface area contributed by atoms with Crippen molar-refractivity contribution in [2.45, 2.75) is 32.2 Å². The van der Waals surface area contributed by atoms with Crippen LogP contribution in [0.15, 0.2) is 34.9 Å². The molecule has 0 aliphatic carbocycles.